The molecule has 0 amide bonds. The summed E-state index contributed by atoms with van der Waals surface area (Å²) in [5.41, 5.74) is 0.596. The molecule has 0 saturated heterocycles. The number of para-hydroxylation sites is 1. The summed E-state index contributed by atoms with van der Waals surface area (Å²) in [6, 6.07) is 11.1. The Balaban J connectivity index is 0.00000364. The van der Waals surface area contributed by atoms with Crippen LogP contribution in [0.1, 0.15) is 51.0 Å². The van der Waals surface area contributed by atoms with E-state index in [-0.39, 0.29) is 35.3 Å². The minimum atomic E-state index is -4.57. The van der Waals surface area contributed by atoms with Crippen molar-refractivity contribution in [3.8, 4) is 17.2 Å². The Hall–Kier alpha value is -1.05. The zero-order valence-corrected chi connectivity index (χ0v) is 18.8. The predicted octanol–water partition coefficient (Wildman–Crippen LogP) is 1.71. The summed E-state index contributed by atoms with van der Waals surface area (Å²) in [5, 5.41) is 12.4. The summed E-state index contributed by atoms with van der Waals surface area (Å²) in [4.78, 5) is -0.477. The number of rotatable bonds is 10. The van der Waals surface area contributed by atoms with Gasteiger partial charge in [0.25, 0.3) is 10.1 Å². The maximum atomic E-state index is 12.4. The molecule has 142 valence electrons. The van der Waals surface area contributed by atoms with E-state index in [9.17, 15) is 18.1 Å². The number of benzene rings is 2. The van der Waals surface area contributed by atoms with Gasteiger partial charge in [-0.05, 0) is 36.6 Å². The van der Waals surface area contributed by atoms with Gasteiger partial charge in [0.05, 0.1) is 0 Å². The second-order valence-corrected chi connectivity index (χ2v) is 7.72. The van der Waals surface area contributed by atoms with Gasteiger partial charge in [0, 0.05) is 0 Å². The fourth-order valence-corrected chi connectivity index (χ4v) is 3.46. The molecule has 2 aromatic rings. The molecule has 0 saturated carbocycles. The molecule has 0 atom stereocenters. The Morgan fingerprint density at radius 2 is 1.63 bits per heavy atom. The van der Waals surface area contributed by atoms with E-state index in [2.05, 4.69) is 6.92 Å². The van der Waals surface area contributed by atoms with Gasteiger partial charge in [0.1, 0.15) is 16.4 Å². The topological polar surface area (TPSA) is 86.7 Å². The van der Waals surface area contributed by atoms with E-state index in [1.54, 1.807) is 30.3 Å². The van der Waals surface area contributed by atoms with Gasteiger partial charge in [-0.2, -0.15) is 8.42 Å². The van der Waals surface area contributed by atoms with Crippen molar-refractivity contribution in [2.75, 3.05) is 0 Å². The van der Waals surface area contributed by atoms with E-state index in [1.807, 2.05) is 0 Å². The van der Waals surface area contributed by atoms with Crippen molar-refractivity contribution in [3.63, 3.8) is 0 Å². The second-order valence-electron chi connectivity index (χ2n) is 6.33. The molecule has 0 spiro atoms. The molecular weight excluding hydrogens is 375 g/mol. The average molecular weight is 400 g/mol. The van der Waals surface area contributed by atoms with Crippen LogP contribution in [0.25, 0.3) is 0 Å². The number of ether oxygens (including phenoxy) is 1. The molecule has 27 heavy (non-hydrogen) atoms. The molecule has 0 aliphatic rings. The molecule has 0 aromatic heterocycles. The van der Waals surface area contributed by atoms with Crippen molar-refractivity contribution in [2.45, 2.75) is 56.8 Å². The Morgan fingerprint density at radius 3 is 2.26 bits per heavy atom. The van der Waals surface area contributed by atoms with E-state index < -0.39 is 20.8 Å². The smallest absolute Gasteiger partial charge is 0.870 e. The molecule has 5 nitrogen and oxygen atoms in total. The van der Waals surface area contributed by atoms with Crippen LogP contribution in [0.2, 0.25) is 0 Å². The van der Waals surface area contributed by atoms with Gasteiger partial charge in [-0.3, -0.25) is 4.55 Å². The zero-order chi connectivity index (χ0) is 19.0. The molecule has 0 unspecified atom stereocenters. The standard InChI is InChI=1S/C20H26O5S.Na/c1-2-3-4-5-6-8-11-16-14-18(21)20(19(15-16)26(22,23)24)25-17-12-9-7-10-13-17;/h7,9-10,12-15,21H,2-6,8,11H2,1H3,(H,22,23,24);/q;+1/p-1. The van der Waals surface area contributed by atoms with Crippen LogP contribution in [0, 0.1) is 0 Å². The van der Waals surface area contributed by atoms with Crippen LogP contribution in [0.15, 0.2) is 47.4 Å². The summed E-state index contributed by atoms with van der Waals surface area (Å²) in [6.45, 7) is 2.16. The largest absolute Gasteiger partial charge is 1.00 e. The van der Waals surface area contributed by atoms with Gasteiger partial charge in [0.2, 0.25) is 0 Å². The van der Waals surface area contributed by atoms with Gasteiger partial charge in [-0.15, -0.1) is 0 Å². The van der Waals surface area contributed by atoms with Gasteiger partial charge in [0.15, 0.2) is 0 Å². The molecule has 7 heteroatoms. The normalized spacial score (nSPS) is 11.0. The van der Waals surface area contributed by atoms with Crippen LogP contribution in [-0.2, 0) is 16.5 Å². The third kappa shape index (κ3) is 7.84. The van der Waals surface area contributed by atoms with E-state index in [1.165, 1.54) is 31.4 Å². The molecule has 0 aliphatic carbocycles. The SMILES string of the molecule is CCCCCCCCc1cc([O-])c(Oc2ccccc2)c(S(=O)(=O)O)c1.[Na+]. The number of unbranched alkanes of at least 4 members (excludes halogenated alkanes) is 5. The minimum Gasteiger partial charge on any atom is -0.870 e. The second kappa shape index (κ2) is 11.7. The summed E-state index contributed by atoms with van der Waals surface area (Å²) < 4.78 is 38.4. The van der Waals surface area contributed by atoms with Crippen molar-refractivity contribution in [2.24, 2.45) is 0 Å². The first-order valence-corrected chi connectivity index (χ1v) is 10.4. The van der Waals surface area contributed by atoms with E-state index in [0.29, 0.717) is 17.7 Å². The third-order valence-electron chi connectivity index (χ3n) is 4.14. The maximum absolute atomic E-state index is 12.4. The Morgan fingerprint density at radius 1 is 1.00 bits per heavy atom. The summed E-state index contributed by atoms with van der Waals surface area (Å²) in [6.07, 6.45) is 7.19. The summed E-state index contributed by atoms with van der Waals surface area (Å²) in [7, 11) is -4.57. The fraction of sp³-hybridized carbons (Fsp3) is 0.400. The Bertz CT molecular complexity index is 807. The number of aryl methyl sites for hydroxylation is 1. The van der Waals surface area contributed by atoms with Crippen LogP contribution >= 0.6 is 0 Å². The van der Waals surface area contributed by atoms with Crippen molar-refractivity contribution in [3.05, 3.63) is 48.0 Å². The molecule has 0 radical (unpaired) electrons. The maximum Gasteiger partial charge on any atom is 1.00 e. The molecule has 2 rings (SSSR count). The molecule has 0 aliphatic heterocycles. The summed E-state index contributed by atoms with van der Waals surface area (Å²) >= 11 is 0. The minimum absolute atomic E-state index is 0. The fourth-order valence-electron chi connectivity index (χ4n) is 2.78. The number of hydrogen-bond donors (Lipinski definition) is 1. The first-order valence-electron chi connectivity index (χ1n) is 8.96. The average Bonchev–Trinajstić information content (AvgIpc) is 2.60. The van der Waals surface area contributed by atoms with Gasteiger partial charge in [-0.25, -0.2) is 0 Å². The van der Waals surface area contributed by atoms with E-state index in [4.69, 9.17) is 4.74 Å². The van der Waals surface area contributed by atoms with E-state index in [0.717, 1.165) is 19.3 Å². The van der Waals surface area contributed by atoms with Crippen LogP contribution < -0.4 is 39.4 Å². The third-order valence-corrected chi connectivity index (χ3v) is 5.00. The molecular formula is C20H25NaO5S. The van der Waals surface area contributed by atoms with Gasteiger partial charge >= 0.3 is 29.6 Å². The molecule has 0 fully saturated rings. The quantitative estimate of drug-likeness (QED) is 0.373. The Kier molecular flexibility index (Phi) is 10.4. The van der Waals surface area contributed by atoms with Crippen molar-refractivity contribution in [1.29, 1.82) is 0 Å². The van der Waals surface area contributed by atoms with Crippen molar-refractivity contribution < 1.29 is 52.4 Å². The molecule has 0 bridgehead atoms. The molecule has 0 heterocycles. The first-order chi connectivity index (χ1) is 12.4. The van der Waals surface area contributed by atoms with Crippen LogP contribution in [0.4, 0.5) is 0 Å². The molecule has 1 N–H and O–H groups in total. The number of hydrogen-bond acceptors (Lipinski definition) is 4. The van der Waals surface area contributed by atoms with Crippen molar-refractivity contribution in [1.82, 2.24) is 0 Å². The predicted molar refractivity (Wildman–Crippen MR) is 99.3 cm³/mol. The summed E-state index contributed by atoms with van der Waals surface area (Å²) in [5.74, 6) is -0.589. The van der Waals surface area contributed by atoms with Crippen LogP contribution in [0.3, 0.4) is 0 Å². The van der Waals surface area contributed by atoms with Gasteiger partial charge < -0.3 is 9.84 Å². The van der Waals surface area contributed by atoms with Gasteiger partial charge in [-0.1, -0.05) is 69.0 Å². The molecule has 2 aromatic carbocycles. The zero-order valence-electron chi connectivity index (χ0n) is 16.0. The van der Waals surface area contributed by atoms with E-state index >= 15 is 0 Å². The van der Waals surface area contributed by atoms with Crippen LogP contribution in [0.5, 0.6) is 17.2 Å². The first kappa shape index (κ1) is 24.0. The monoisotopic (exact) mass is 400 g/mol. The Labute approximate surface area is 183 Å². The van der Waals surface area contributed by atoms with Crippen LogP contribution in [-0.4, -0.2) is 13.0 Å². The van der Waals surface area contributed by atoms with Crippen molar-refractivity contribution >= 4 is 10.1 Å².